The number of allylic oxidation sites excluding steroid dienone is 2. The molecule has 14 aromatic carbocycles. The van der Waals surface area contributed by atoms with Crippen molar-refractivity contribution in [2.75, 3.05) is 9.80 Å². The number of aryl methyl sites for hydroxylation is 3. The molecule has 0 saturated heterocycles. The number of hydrogen-bond acceptors (Lipinski definition) is 6. The number of benzene rings is 14. The Bertz CT molecular complexity index is 7380. The van der Waals surface area contributed by atoms with Crippen LogP contribution >= 0.6 is 0 Å². The molecule has 10 nitrogen and oxygen atoms in total. The predicted octanol–water partition coefficient (Wildman–Crippen LogP) is 23.2. The van der Waals surface area contributed by atoms with Crippen molar-refractivity contribution in [3.63, 3.8) is 0 Å². The summed E-state index contributed by atoms with van der Waals surface area (Å²) in [6, 6.07) is 99.6. The second-order valence-electron chi connectivity index (χ2n) is 29.5. The molecule has 4 aromatic heterocycles. The first-order chi connectivity index (χ1) is 57.1. The molecule has 553 valence electrons. The van der Waals surface area contributed by atoms with Crippen molar-refractivity contribution in [3.05, 3.63) is 384 Å². The number of anilines is 6. The lowest BCUT2D eigenvalue weighted by atomic mass is 9.93. The summed E-state index contributed by atoms with van der Waals surface area (Å²) in [5.74, 6) is -3.24. The number of hydrogen-bond donors (Lipinski definition) is 0. The van der Waals surface area contributed by atoms with Gasteiger partial charge in [0.1, 0.15) is 41.2 Å². The molecule has 0 saturated carbocycles. The van der Waals surface area contributed by atoms with Gasteiger partial charge in [-0.05, 0) is 235 Å². The van der Waals surface area contributed by atoms with E-state index in [4.69, 9.17) is 9.98 Å². The first-order valence-corrected chi connectivity index (χ1v) is 38.1. The van der Waals surface area contributed by atoms with Crippen LogP contribution in [0.5, 0.6) is 0 Å². The van der Waals surface area contributed by atoms with E-state index in [1.54, 1.807) is 49.5 Å². The highest BCUT2D eigenvalue weighted by Gasteiger charge is 2.41. The van der Waals surface area contributed by atoms with Crippen molar-refractivity contribution in [2.45, 2.75) is 20.8 Å². The van der Waals surface area contributed by atoms with Gasteiger partial charge in [0.25, 0.3) is 0 Å². The molecule has 117 heavy (non-hydrogen) atoms. The Morgan fingerprint density at radius 1 is 0.393 bits per heavy atom. The highest BCUT2D eigenvalue weighted by molar-refractivity contribution is 6.42. The quantitative estimate of drug-likeness (QED) is 0.0469. The van der Waals surface area contributed by atoms with Crippen molar-refractivity contribution < 1.29 is 35.2 Å². The zero-order chi connectivity index (χ0) is 79.6. The molecule has 0 bridgehead atoms. The molecule has 0 unspecified atom stereocenters. The van der Waals surface area contributed by atoms with Crippen LogP contribution in [0.3, 0.4) is 0 Å². The van der Waals surface area contributed by atoms with Gasteiger partial charge >= 0.3 is 26.4 Å². The maximum atomic E-state index is 17.5. The van der Waals surface area contributed by atoms with E-state index < -0.39 is 36.3 Å². The average molecular weight is 1530 g/mol. The van der Waals surface area contributed by atoms with Crippen LogP contribution in [0.2, 0.25) is 0 Å². The molecule has 20 rings (SSSR count). The van der Waals surface area contributed by atoms with Gasteiger partial charge in [-0.1, -0.05) is 158 Å². The highest BCUT2D eigenvalue weighted by atomic mass is 19.2. The highest BCUT2D eigenvalue weighted by Crippen LogP contribution is 2.46. The van der Waals surface area contributed by atoms with Crippen molar-refractivity contribution in [2.24, 2.45) is 9.98 Å². The van der Waals surface area contributed by atoms with Crippen LogP contribution in [-0.2, 0) is 0 Å². The number of aromatic nitrogens is 4. The topological polar surface area (TPSA) is 96.4 Å². The smallest absolute Gasteiger partial charge is 0.310 e. The number of pyridine rings is 2. The Hall–Kier alpha value is -15.1. The maximum Gasteiger partial charge on any atom is 0.727 e. The monoisotopic (exact) mass is 1530 g/mol. The lowest BCUT2D eigenvalue weighted by Gasteiger charge is -2.28. The van der Waals surface area contributed by atoms with Gasteiger partial charge in [-0.2, -0.15) is 10.5 Å². The number of rotatable bonds is 14. The second kappa shape index (κ2) is 28.2. The van der Waals surface area contributed by atoms with Crippen LogP contribution in [0, 0.1) is 72.5 Å². The van der Waals surface area contributed by atoms with Gasteiger partial charge in [-0.3, -0.25) is 13.3 Å². The lowest BCUT2D eigenvalue weighted by Crippen LogP contribution is -2.58. The van der Waals surface area contributed by atoms with Crippen LogP contribution in [0.15, 0.2) is 326 Å². The molecule has 18 aromatic rings. The summed E-state index contributed by atoms with van der Waals surface area (Å²) >= 11 is 0. The molecule has 0 amide bonds. The zero-order valence-corrected chi connectivity index (χ0v) is 62.9. The van der Waals surface area contributed by atoms with E-state index in [-0.39, 0.29) is 22.3 Å². The van der Waals surface area contributed by atoms with Crippen LogP contribution < -0.4 is 29.7 Å². The van der Waals surface area contributed by atoms with E-state index in [2.05, 4.69) is 119 Å². The van der Waals surface area contributed by atoms with E-state index >= 15 is 21.9 Å². The van der Waals surface area contributed by atoms with E-state index in [0.29, 0.717) is 89.6 Å². The number of nitriles is 2. The summed E-state index contributed by atoms with van der Waals surface area (Å²) in [7, 11) is 0.236. The van der Waals surface area contributed by atoms with Crippen molar-refractivity contribution in [1.29, 1.82) is 10.5 Å². The summed E-state index contributed by atoms with van der Waals surface area (Å²) < 4.78 is 100. The number of halogens is 6. The zero-order valence-electron chi connectivity index (χ0n) is 62.9. The van der Waals surface area contributed by atoms with Crippen molar-refractivity contribution in [3.8, 4) is 78.9 Å². The third-order valence-electron chi connectivity index (χ3n) is 22.6. The summed E-state index contributed by atoms with van der Waals surface area (Å²) in [5, 5.41) is 26.5. The van der Waals surface area contributed by atoms with Gasteiger partial charge in [-0.25, -0.2) is 26.4 Å². The minimum atomic E-state index is -1.72. The molecule has 2 aliphatic rings. The van der Waals surface area contributed by atoms with Gasteiger partial charge in [-0.15, -0.1) is 0 Å². The first kappa shape index (κ1) is 70.9. The summed E-state index contributed by atoms with van der Waals surface area (Å²) in [6.45, 7) is 5.64. The fourth-order valence-electron chi connectivity index (χ4n) is 17.1. The van der Waals surface area contributed by atoms with Crippen LogP contribution in [0.1, 0.15) is 27.8 Å². The van der Waals surface area contributed by atoms with Gasteiger partial charge in [0, 0.05) is 91.3 Å². The molecule has 0 spiro atoms. The second-order valence-corrected chi connectivity index (χ2v) is 29.5. The minimum Gasteiger partial charge on any atom is -0.310 e. The molecule has 18 heteroatoms. The van der Waals surface area contributed by atoms with Crippen LogP contribution in [0.4, 0.5) is 72.0 Å². The number of fused-ring (bicyclic) bond motifs is 8. The molecule has 0 aliphatic carbocycles. The number of nitrogens with zero attached hydrogens (tertiary/aromatic N) is 10. The standard InChI is InChI=1S/C99H61B2F6N10/c1-58-48-84(103)96(85(104)49-58)79-41-45-91-95-77(79)17-11-19-81(95)99-111-93-47-31-70(57-113(93)101(107)117(91)99)66-26-38-75(39-27-66)115(73-34-22-64(23-35-73)62-14-8-5-9-15-62)89-43-29-68(51-60(89)3)83(55-109)82(54-108)67-28-42-88(59(2)50-67)114(72-32-20-63(21-33-72)61-12-6-4-7-13-61)74-36-24-65(25-37-74)69-30-46-92-110-98-80-18-10-16-76-78(97-86(105)52-71(102)53-87(97)106)40-44-90(94(76)80)116(98)100-112(92)56-69/h4-53,56-57H,1-3H3/q+2/b83-82+. The Balaban J connectivity index is 0.606. The Labute approximate surface area is 668 Å². The normalized spacial score (nSPS) is 12.3. The Kier molecular flexibility index (Phi) is 17.1. The van der Waals surface area contributed by atoms with Crippen LogP contribution in [-0.4, -0.2) is 23.8 Å². The fraction of sp³-hybridized carbons (Fsp3) is 0.0303. The van der Waals surface area contributed by atoms with Crippen molar-refractivity contribution >= 4 is 115 Å². The minimum absolute atomic E-state index is 0.140. The molecule has 0 atom stereocenters. The Morgan fingerprint density at radius 3 is 1.27 bits per heavy atom. The van der Waals surface area contributed by atoms with Crippen LogP contribution in [0.25, 0.3) is 121 Å². The van der Waals surface area contributed by atoms with E-state index in [1.807, 2.05) is 182 Å². The molecule has 0 fully saturated rings. The van der Waals surface area contributed by atoms with Gasteiger partial charge in [0.15, 0.2) is 0 Å². The van der Waals surface area contributed by atoms with E-state index in [9.17, 15) is 14.9 Å². The molecule has 0 N–H and O–H groups in total. The first-order valence-electron chi connectivity index (χ1n) is 38.1. The van der Waals surface area contributed by atoms with Gasteiger partial charge in [0.2, 0.25) is 11.0 Å². The third kappa shape index (κ3) is 12.0. The largest absolute Gasteiger partial charge is 0.727 e. The van der Waals surface area contributed by atoms with E-state index in [1.165, 1.54) is 21.1 Å². The maximum absolute atomic E-state index is 17.5. The van der Waals surface area contributed by atoms with Gasteiger partial charge < -0.3 is 14.3 Å². The molecule has 1 radical (unpaired) electrons. The van der Waals surface area contributed by atoms with Crippen molar-refractivity contribution in [1.82, 2.24) is 8.96 Å². The SMILES string of the molecule is Cc1cc(F)c(-c2ccc3c4c2cccc4c2n3B(F)[n+]3cc(-c4ccc(N(c5ccc(-c6ccccc6)cc5)c5ccc(/C(C#N)=C(\C#N)c6ccc(N(c7ccc(-c8ccccc8)cc7)c7ccc(-c8ccc9[n+](c8)[B]n8c(c%10cccc%11c(-c%12c(F)cc(F)cc%12F)ccc8c%11%10)=N9)cc7)c(C)c6)cc5C)cc4)ccc3N=2)c(F)c1. The summed E-state index contributed by atoms with van der Waals surface area (Å²) in [5.41, 5.74) is 19.1. The van der Waals surface area contributed by atoms with Gasteiger partial charge in [0.05, 0.1) is 45.4 Å². The predicted molar refractivity (Wildman–Crippen MR) is 453 cm³/mol. The molecular weight excluding hydrogens is 1460 g/mol. The average Bonchev–Trinajstić information content (AvgIpc) is 1.57. The molecule has 2 aliphatic heterocycles. The Morgan fingerprint density at radius 2 is 0.795 bits per heavy atom. The fourth-order valence-corrected chi connectivity index (χ4v) is 17.1. The molecular formula is C99H61B2F6N10+2. The summed E-state index contributed by atoms with van der Waals surface area (Å²) in [4.78, 5) is 14.5. The third-order valence-corrected chi connectivity index (χ3v) is 22.6. The van der Waals surface area contributed by atoms with E-state index in [0.717, 1.165) is 106 Å². The molecule has 6 heterocycles. The lowest BCUT2D eigenvalue weighted by molar-refractivity contribution is -0.535. The summed E-state index contributed by atoms with van der Waals surface area (Å²) in [6.07, 6.45) is 3.77.